The van der Waals surface area contributed by atoms with Crippen molar-refractivity contribution in [2.75, 3.05) is 33.1 Å². The van der Waals surface area contributed by atoms with Crippen molar-refractivity contribution < 1.29 is 14.3 Å². The Hall–Kier alpha value is -3.32. The summed E-state index contributed by atoms with van der Waals surface area (Å²) in [7, 11) is 5.54. The van der Waals surface area contributed by atoms with Gasteiger partial charge in [-0.2, -0.15) is 0 Å². The van der Waals surface area contributed by atoms with E-state index in [2.05, 4.69) is 39.7 Å². The molecule has 2 N–H and O–H groups in total. The molecule has 1 saturated heterocycles. The van der Waals surface area contributed by atoms with E-state index in [-0.39, 0.29) is 17.5 Å². The van der Waals surface area contributed by atoms with Crippen LogP contribution >= 0.6 is 0 Å². The van der Waals surface area contributed by atoms with Gasteiger partial charge in [0.2, 0.25) is 0 Å². The molecule has 0 spiro atoms. The molecule has 1 aliphatic carbocycles. The van der Waals surface area contributed by atoms with Gasteiger partial charge in [0.25, 0.3) is 0 Å². The molecule has 0 radical (unpaired) electrons. The van der Waals surface area contributed by atoms with Crippen molar-refractivity contribution in [3.63, 3.8) is 0 Å². The van der Waals surface area contributed by atoms with Crippen LogP contribution in [-0.2, 0) is 5.41 Å². The fourth-order valence-corrected chi connectivity index (χ4v) is 5.94. The number of rotatable bonds is 5. The molecule has 1 aromatic heterocycles. The van der Waals surface area contributed by atoms with Crippen molar-refractivity contribution in [2.45, 2.75) is 43.2 Å². The molecule has 34 heavy (non-hydrogen) atoms. The Labute approximate surface area is 200 Å². The predicted octanol–water partition coefficient (Wildman–Crippen LogP) is 4.57. The summed E-state index contributed by atoms with van der Waals surface area (Å²) in [5.41, 5.74) is 3.00. The minimum atomic E-state index is -0.166. The average molecular weight is 461 g/mol. The van der Waals surface area contributed by atoms with Gasteiger partial charge in [-0.05, 0) is 69.1 Å². The number of methoxy groups -OCH3 is 2. The molecule has 2 aromatic carbocycles. The van der Waals surface area contributed by atoms with Crippen molar-refractivity contribution >= 4 is 22.6 Å². The molecule has 178 valence electrons. The largest absolute Gasteiger partial charge is 0.493 e. The Bertz CT molecular complexity index is 1190. The zero-order chi connectivity index (χ0) is 23.7. The lowest BCUT2D eigenvalue weighted by molar-refractivity contribution is 0.156. The number of hydrogen-bond acceptors (Lipinski definition) is 5. The van der Waals surface area contributed by atoms with E-state index < -0.39 is 0 Å². The summed E-state index contributed by atoms with van der Waals surface area (Å²) in [6, 6.07) is 16.3. The zero-order valence-corrected chi connectivity index (χ0v) is 20.0. The number of nitrogens with one attached hydrogen (secondary N) is 2. The number of carbonyl (C=O) groups excluding carboxylic acids is 1. The summed E-state index contributed by atoms with van der Waals surface area (Å²) in [4.78, 5) is 19.7. The number of fused-ring (bicyclic) bond motifs is 2. The van der Waals surface area contributed by atoms with E-state index in [0.717, 1.165) is 60.3 Å². The average Bonchev–Trinajstić information content (AvgIpc) is 3.20. The number of ether oxygens (including phenoxy) is 2. The van der Waals surface area contributed by atoms with E-state index >= 15 is 0 Å². The van der Waals surface area contributed by atoms with Crippen molar-refractivity contribution in [3.8, 4) is 11.5 Å². The number of likely N-dealkylation sites (N-methyl/N-ethyl adjacent to an activating group) is 1. The van der Waals surface area contributed by atoms with Crippen LogP contribution in [0.4, 0.5) is 10.5 Å². The second kappa shape index (κ2) is 9.14. The summed E-state index contributed by atoms with van der Waals surface area (Å²) >= 11 is 0. The van der Waals surface area contributed by atoms with Crippen LogP contribution in [0.2, 0.25) is 0 Å². The number of anilines is 1. The fraction of sp³-hybridized carbons (Fsp3) is 0.407. The number of likely N-dealkylation sites (tertiary alicyclic amines) is 1. The van der Waals surface area contributed by atoms with Crippen LogP contribution in [0.25, 0.3) is 10.9 Å². The van der Waals surface area contributed by atoms with Crippen LogP contribution < -0.4 is 20.1 Å². The first-order chi connectivity index (χ1) is 16.5. The molecule has 3 atom stereocenters. The predicted molar refractivity (Wildman–Crippen MR) is 134 cm³/mol. The number of carbonyl (C=O) groups is 1. The lowest BCUT2D eigenvalue weighted by Crippen LogP contribution is -2.52. The molecule has 2 aliphatic rings. The summed E-state index contributed by atoms with van der Waals surface area (Å²) in [5, 5.41) is 7.21. The molecule has 3 unspecified atom stereocenters. The molecule has 7 nitrogen and oxygen atoms in total. The Kier molecular flexibility index (Phi) is 6.04. The third-order valence-electron chi connectivity index (χ3n) is 7.72. The maximum absolute atomic E-state index is 12.9. The van der Waals surface area contributed by atoms with Crippen molar-refractivity contribution in [3.05, 3.63) is 60.3 Å². The second-order valence-corrected chi connectivity index (χ2v) is 9.42. The fourth-order valence-electron chi connectivity index (χ4n) is 5.94. The van der Waals surface area contributed by atoms with Crippen molar-refractivity contribution in [2.24, 2.45) is 0 Å². The molecule has 0 bridgehead atoms. The quantitative estimate of drug-likeness (QED) is 0.584. The summed E-state index contributed by atoms with van der Waals surface area (Å²) in [5.74, 6) is 1.52. The third kappa shape index (κ3) is 3.94. The Morgan fingerprint density at radius 3 is 2.74 bits per heavy atom. The molecule has 7 heteroatoms. The maximum atomic E-state index is 12.9. The van der Waals surface area contributed by atoms with Gasteiger partial charge in [-0.1, -0.05) is 24.3 Å². The zero-order valence-electron chi connectivity index (χ0n) is 20.0. The van der Waals surface area contributed by atoms with Crippen molar-refractivity contribution in [1.29, 1.82) is 0 Å². The first-order valence-electron chi connectivity index (χ1n) is 11.9. The number of amides is 2. The first kappa shape index (κ1) is 22.5. The smallest absolute Gasteiger partial charge is 0.319 e. The Balaban J connectivity index is 1.31. The van der Waals surface area contributed by atoms with Gasteiger partial charge in [-0.15, -0.1) is 0 Å². The van der Waals surface area contributed by atoms with Gasteiger partial charge >= 0.3 is 6.03 Å². The highest BCUT2D eigenvalue weighted by Gasteiger charge is 2.50. The molecule has 2 amide bonds. The van der Waals surface area contributed by atoms with Crippen LogP contribution in [0.3, 0.4) is 0 Å². The van der Waals surface area contributed by atoms with Crippen molar-refractivity contribution in [1.82, 2.24) is 15.2 Å². The minimum Gasteiger partial charge on any atom is -0.493 e. The van der Waals surface area contributed by atoms with E-state index in [1.54, 1.807) is 20.4 Å². The van der Waals surface area contributed by atoms with E-state index in [1.165, 1.54) is 5.56 Å². The van der Waals surface area contributed by atoms with Crippen LogP contribution in [0.5, 0.6) is 11.5 Å². The number of nitrogens with zero attached hydrogens (tertiary/aromatic N) is 2. The lowest BCUT2D eigenvalue weighted by Gasteiger charge is -2.45. The third-order valence-corrected chi connectivity index (χ3v) is 7.72. The van der Waals surface area contributed by atoms with Gasteiger partial charge < -0.3 is 25.0 Å². The highest BCUT2D eigenvalue weighted by atomic mass is 16.5. The van der Waals surface area contributed by atoms with E-state index in [0.29, 0.717) is 6.04 Å². The van der Waals surface area contributed by atoms with Gasteiger partial charge in [0.1, 0.15) is 0 Å². The molecule has 3 aromatic rings. The number of hydrogen-bond donors (Lipinski definition) is 2. The number of aromatic nitrogens is 1. The van der Waals surface area contributed by atoms with Gasteiger partial charge in [0.05, 0.1) is 25.4 Å². The van der Waals surface area contributed by atoms with Gasteiger partial charge in [-0.25, -0.2) is 4.79 Å². The molecule has 1 saturated carbocycles. The van der Waals surface area contributed by atoms with Crippen LogP contribution in [-0.4, -0.2) is 55.8 Å². The Morgan fingerprint density at radius 1 is 1.09 bits per heavy atom. The lowest BCUT2D eigenvalue weighted by atomic mass is 9.65. The number of benzene rings is 2. The van der Waals surface area contributed by atoms with Gasteiger partial charge in [0, 0.05) is 29.1 Å². The first-order valence-corrected chi connectivity index (χ1v) is 11.9. The molecule has 2 heterocycles. The van der Waals surface area contributed by atoms with Gasteiger partial charge in [0.15, 0.2) is 11.5 Å². The topological polar surface area (TPSA) is 75.7 Å². The van der Waals surface area contributed by atoms with Crippen LogP contribution in [0, 0.1) is 0 Å². The minimum absolute atomic E-state index is 0.0598. The monoisotopic (exact) mass is 460 g/mol. The van der Waals surface area contributed by atoms with E-state index in [4.69, 9.17) is 9.47 Å². The SMILES string of the molecule is COc1ccc(C23CCC(NC(=O)Nc4ccnc5ccccc45)CC2N(C)CC3)cc1OC. The summed E-state index contributed by atoms with van der Waals surface area (Å²) in [6.45, 7) is 1.04. The van der Waals surface area contributed by atoms with Crippen LogP contribution in [0.15, 0.2) is 54.7 Å². The number of pyridine rings is 1. The summed E-state index contributed by atoms with van der Waals surface area (Å²) < 4.78 is 11.0. The Morgan fingerprint density at radius 2 is 1.91 bits per heavy atom. The number of para-hydroxylation sites is 1. The second-order valence-electron chi connectivity index (χ2n) is 9.42. The van der Waals surface area contributed by atoms with E-state index in [1.807, 2.05) is 36.4 Å². The van der Waals surface area contributed by atoms with E-state index in [9.17, 15) is 4.79 Å². The highest BCUT2D eigenvalue weighted by Crippen LogP contribution is 2.49. The maximum Gasteiger partial charge on any atom is 0.319 e. The molecule has 5 rings (SSSR count). The number of urea groups is 1. The molecular weight excluding hydrogens is 428 g/mol. The standard InChI is InChI=1S/C27H32N4O3/c1-31-15-13-27(18-8-9-23(33-2)24(16-18)34-3)12-10-19(17-25(27)31)29-26(32)30-22-11-14-28-21-7-5-4-6-20(21)22/h4-9,11,14,16,19,25H,10,12-13,15,17H2,1-3H3,(H2,28,29,30,32). The van der Waals surface area contributed by atoms with Gasteiger partial charge in [-0.3, -0.25) is 4.98 Å². The van der Waals surface area contributed by atoms with Crippen LogP contribution in [0.1, 0.15) is 31.2 Å². The molecule has 2 fully saturated rings. The summed E-state index contributed by atoms with van der Waals surface area (Å²) in [6.07, 6.45) is 5.69. The molecule has 1 aliphatic heterocycles. The highest BCUT2D eigenvalue weighted by molar-refractivity contribution is 6.00. The molecular formula is C27H32N4O3. The normalized spacial score (nSPS) is 24.4.